The van der Waals surface area contributed by atoms with Crippen molar-refractivity contribution in [1.82, 2.24) is 0 Å². The van der Waals surface area contributed by atoms with Crippen LogP contribution in [0.4, 0.5) is 0 Å². The first-order valence-corrected chi connectivity index (χ1v) is 5.38. The summed E-state index contributed by atoms with van der Waals surface area (Å²) in [5.41, 5.74) is 8.98. The fourth-order valence-corrected chi connectivity index (χ4v) is 1.85. The van der Waals surface area contributed by atoms with Gasteiger partial charge in [-0.1, -0.05) is 36.4 Å². The lowest BCUT2D eigenvalue weighted by Gasteiger charge is -2.08. The van der Waals surface area contributed by atoms with E-state index in [0.717, 1.165) is 17.5 Å². The van der Waals surface area contributed by atoms with Crippen LogP contribution in [0, 0.1) is 0 Å². The van der Waals surface area contributed by atoms with E-state index < -0.39 is 0 Å². The predicted octanol–water partition coefficient (Wildman–Crippen LogP) is 2.56. The van der Waals surface area contributed by atoms with Gasteiger partial charge in [-0.05, 0) is 41.8 Å². The van der Waals surface area contributed by atoms with E-state index in [9.17, 15) is 5.11 Å². The Morgan fingerprint density at radius 3 is 2.56 bits per heavy atom. The topological polar surface area (TPSA) is 46.2 Å². The van der Waals surface area contributed by atoms with E-state index in [2.05, 4.69) is 12.1 Å². The van der Waals surface area contributed by atoms with Gasteiger partial charge >= 0.3 is 0 Å². The van der Waals surface area contributed by atoms with Crippen molar-refractivity contribution in [3.63, 3.8) is 0 Å². The SMILES string of the molecule is NCCc1ccccc1-c1cccc(O)c1. The molecule has 0 aromatic heterocycles. The Morgan fingerprint density at radius 1 is 1.00 bits per heavy atom. The van der Waals surface area contributed by atoms with Crippen LogP contribution in [0.5, 0.6) is 5.75 Å². The van der Waals surface area contributed by atoms with Gasteiger partial charge < -0.3 is 10.8 Å². The molecular weight excluding hydrogens is 198 g/mol. The van der Waals surface area contributed by atoms with Gasteiger partial charge in [-0.3, -0.25) is 0 Å². The number of hydrogen-bond donors (Lipinski definition) is 2. The molecule has 0 fully saturated rings. The minimum atomic E-state index is 0.292. The zero-order chi connectivity index (χ0) is 11.4. The highest BCUT2D eigenvalue weighted by atomic mass is 16.3. The van der Waals surface area contributed by atoms with E-state index in [1.165, 1.54) is 5.56 Å². The van der Waals surface area contributed by atoms with Gasteiger partial charge in [0.2, 0.25) is 0 Å². The highest BCUT2D eigenvalue weighted by molar-refractivity contribution is 5.68. The molecule has 2 heteroatoms. The smallest absolute Gasteiger partial charge is 0.116 e. The minimum Gasteiger partial charge on any atom is -0.508 e. The van der Waals surface area contributed by atoms with Gasteiger partial charge in [0.05, 0.1) is 0 Å². The third-order valence-corrected chi connectivity index (χ3v) is 2.59. The summed E-state index contributed by atoms with van der Waals surface area (Å²) in [4.78, 5) is 0. The maximum absolute atomic E-state index is 9.47. The summed E-state index contributed by atoms with van der Waals surface area (Å²) in [6, 6.07) is 15.4. The van der Waals surface area contributed by atoms with Gasteiger partial charge in [0, 0.05) is 0 Å². The zero-order valence-corrected chi connectivity index (χ0v) is 9.06. The molecule has 0 saturated carbocycles. The monoisotopic (exact) mass is 213 g/mol. The Morgan fingerprint density at radius 2 is 1.81 bits per heavy atom. The van der Waals surface area contributed by atoms with Crippen LogP contribution in [0.25, 0.3) is 11.1 Å². The summed E-state index contributed by atoms with van der Waals surface area (Å²) in [5.74, 6) is 0.292. The van der Waals surface area contributed by atoms with Gasteiger partial charge in [0.1, 0.15) is 5.75 Å². The fourth-order valence-electron chi connectivity index (χ4n) is 1.85. The van der Waals surface area contributed by atoms with Crippen molar-refractivity contribution in [1.29, 1.82) is 0 Å². The van der Waals surface area contributed by atoms with Crippen LogP contribution in [0.15, 0.2) is 48.5 Å². The largest absolute Gasteiger partial charge is 0.508 e. The molecule has 2 aromatic rings. The normalized spacial score (nSPS) is 10.3. The van der Waals surface area contributed by atoms with Gasteiger partial charge in [-0.15, -0.1) is 0 Å². The number of phenols is 1. The van der Waals surface area contributed by atoms with Crippen LogP contribution < -0.4 is 5.73 Å². The van der Waals surface area contributed by atoms with Crippen LogP contribution in [0.1, 0.15) is 5.56 Å². The molecular formula is C14H15NO. The molecule has 2 rings (SSSR count). The number of benzene rings is 2. The van der Waals surface area contributed by atoms with Gasteiger partial charge in [-0.25, -0.2) is 0 Å². The van der Waals surface area contributed by atoms with E-state index in [4.69, 9.17) is 5.73 Å². The highest BCUT2D eigenvalue weighted by Gasteiger charge is 2.03. The van der Waals surface area contributed by atoms with Crippen LogP contribution in [-0.2, 0) is 6.42 Å². The Labute approximate surface area is 95.4 Å². The quantitative estimate of drug-likeness (QED) is 0.823. The summed E-state index contributed by atoms with van der Waals surface area (Å²) < 4.78 is 0. The first kappa shape index (κ1) is 10.7. The fraction of sp³-hybridized carbons (Fsp3) is 0.143. The van der Waals surface area contributed by atoms with Crippen LogP contribution in [0.3, 0.4) is 0 Å². The molecule has 0 spiro atoms. The molecule has 0 aliphatic heterocycles. The van der Waals surface area contributed by atoms with E-state index in [0.29, 0.717) is 12.3 Å². The molecule has 0 saturated heterocycles. The molecule has 16 heavy (non-hydrogen) atoms. The van der Waals surface area contributed by atoms with Crippen molar-refractivity contribution in [3.05, 3.63) is 54.1 Å². The maximum atomic E-state index is 9.47. The molecule has 0 atom stereocenters. The summed E-state index contributed by atoms with van der Waals surface area (Å²) in [6.45, 7) is 0.635. The van der Waals surface area contributed by atoms with E-state index in [1.54, 1.807) is 12.1 Å². The van der Waals surface area contributed by atoms with Gasteiger partial charge in [0.25, 0.3) is 0 Å². The maximum Gasteiger partial charge on any atom is 0.116 e. The van der Waals surface area contributed by atoms with Crippen LogP contribution in [0.2, 0.25) is 0 Å². The Kier molecular flexibility index (Phi) is 3.22. The van der Waals surface area contributed by atoms with Crippen molar-refractivity contribution in [2.45, 2.75) is 6.42 Å². The second-order valence-corrected chi connectivity index (χ2v) is 3.75. The molecule has 0 radical (unpaired) electrons. The summed E-state index contributed by atoms with van der Waals surface area (Å²) in [5, 5.41) is 9.47. The van der Waals surface area contributed by atoms with Gasteiger partial charge in [-0.2, -0.15) is 0 Å². The lowest BCUT2D eigenvalue weighted by Crippen LogP contribution is -2.03. The van der Waals surface area contributed by atoms with Crippen molar-refractivity contribution in [2.24, 2.45) is 5.73 Å². The molecule has 0 aliphatic rings. The van der Waals surface area contributed by atoms with Crippen molar-refractivity contribution in [3.8, 4) is 16.9 Å². The average molecular weight is 213 g/mol. The molecule has 2 aromatic carbocycles. The third kappa shape index (κ3) is 2.23. The predicted molar refractivity (Wildman–Crippen MR) is 66.3 cm³/mol. The number of phenolic OH excluding ortho intramolecular Hbond substituents is 1. The third-order valence-electron chi connectivity index (χ3n) is 2.59. The molecule has 82 valence electrons. The molecule has 2 nitrogen and oxygen atoms in total. The Bertz CT molecular complexity index is 480. The highest BCUT2D eigenvalue weighted by Crippen LogP contribution is 2.26. The van der Waals surface area contributed by atoms with E-state index >= 15 is 0 Å². The summed E-state index contributed by atoms with van der Waals surface area (Å²) >= 11 is 0. The second kappa shape index (κ2) is 4.81. The molecule has 3 N–H and O–H groups in total. The number of rotatable bonds is 3. The number of hydrogen-bond acceptors (Lipinski definition) is 2. The molecule has 0 bridgehead atoms. The molecule has 0 amide bonds. The number of aromatic hydroxyl groups is 1. The number of nitrogens with two attached hydrogens (primary N) is 1. The Balaban J connectivity index is 2.46. The van der Waals surface area contributed by atoms with Crippen molar-refractivity contribution >= 4 is 0 Å². The van der Waals surface area contributed by atoms with E-state index in [1.807, 2.05) is 24.3 Å². The second-order valence-electron chi connectivity index (χ2n) is 3.75. The summed E-state index contributed by atoms with van der Waals surface area (Å²) in [6.07, 6.45) is 0.853. The molecule has 0 heterocycles. The molecule has 0 aliphatic carbocycles. The summed E-state index contributed by atoms with van der Waals surface area (Å²) in [7, 11) is 0. The van der Waals surface area contributed by atoms with Crippen LogP contribution >= 0.6 is 0 Å². The van der Waals surface area contributed by atoms with E-state index in [-0.39, 0.29) is 0 Å². The first-order chi connectivity index (χ1) is 7.81. The lowest BCUT2D eigenvalue weighted by atomic mass is 9.98. The van der Waals surface area contributed by atoms with Crippen molar-refractivity contribution < 1.29 is 5.11 Å². The Hall–Kier alpha value is -1.80. The minimum absolute atomic E-state index is 0.292. The van der Waals surface area contributed by atoms with Crippen molar-refractivity contribution in [2.75, 3.05) is 6.54 Å². The molecule has 0 unspecified atom stereocenters. The standard InChI is InChI=1S/C14H15NO/c15-9-8-11-4-1-2-7-14(11)12-5-3-6-13(16)10-12/h1-7,10,16H,8-9,15H2. The van der Waals surface area contributed by atoms with Crippen LogP contribution in [-0.4, -0.2) is 11.7 Å². The lowest BCUT2D eigenvalue weighted by molar-refractivity contribution is 0.475. The average Bonchev–Trinajstić information content (AvgIpc) is 2.30. The first-order valence-electron chi connectivity index (χ1n) is 5.38. The zero-order valence-electron chi connectivity index (χ0n) is 9.06. The van der Waals surface area contributed by atoms with Gasteiger partial charge in [0.15, 0.2) is 0 Å².